The molecule has 0 radical (unpaired) electrons. The molecule has 30 heavy (non-hydrogen) atoms. The maximum Gasteiger partial charge on any atom is 0.205 e. The number of nitrogens with zero attached hydrogens (tertiary/aromatic N) is 2. The van der Waals surface area contributed by atoms with Gasteiger partial charge in [-0.05, 0) is 71.2 Å². The summed E-state index contributed by atoms with van der Waals surface area (Å²) in [6, 6.07) is 11.3. The lowest BCUT2D eigenvalue weighted by molar-refractivity contribution is 0.103. The summed E-state index contributed by atoms with van der Waals surface area (Å²) in [7, 11) is 1.61. The third-order valence-electron chi connectivity index (χ3n) is 4.53. The first-order valence-corrected chi connectivity index (χ1v) is 10.6. The Morgan fingerprint density at radius 1 is 1.23 bits per heavy atom. The molecule has 0 fully saturated rings. The summed E-state index contributed by atoms with van der Waals surface area (Å²) in [6.07, 6.45) is 4.93. The summed E-state index contributed by atoms with van der Waals surface area (Å²) >= 11 is 9.64. The Labute approximate surface area is 189 Å². The summed E-state index contributed by atoms with van der Waals surface area (Å²) < 4.78 is 13.7. The number of carbonyl (C=O) groups excluding carboxylic acids is 1. The SMILES string of the molecule is CCn1ncc(Br)c1C(=O)/C=C/c1ccc(OC)c(COc2ccc(C)cc2Cl)c1. The monoisotopic (exact) mass is 488 g/mol. The van der Waals surface area contributed by atoms with E-state index in [1.807, 2.05) is 50.2 Å². The molecule has 5 nitrogen and oxygen atoms in total. The van der Waals surface area contributed by atoms with Crippen molar-refractivity contribution in [1.82, 2.24) is 9.78 Å². The van der Waals surface area contributed by atoms with Crippen molar-refractivity contribution < 1.29 is 14.3 Å². The van der Waals surface area contributed by atoms with E-state index >= 15 is 0 Å². The van der Waals surface area contributed by atoms with Crippen molar-refractivity contribution in [2.75, 3.05) is 7.11 Å². The van der Waals surface area contributed by atoms with Crippen molar-refractivity contribution in [1.29, 1.82) is 0 Å². The van der Waals surface area contributed by atoms with Crippen LogP contribution in [0.3, 0.4) is 0 Å². The summed E-state index contributed by atoms with van der Waals surface area (Å²) in [5, 5.41) is 4.75. The molecule has 0 saturated heterocycles. The third-order valence-corrected chi connectivity index (χ3v) is 5.41. The summed E-state index contributed by atoms with van der Waals surface area (Å²) in [4.78, 5) is 12.6. The highest BCUT2D eigenvalue weighted by Gasteiger charge is 2.14. The number of ketones is 1. The fraction of sp³-hybridized carbons (Fsp3) is 0.217. The van der Waals surface area contributed by atoms with Crippen LogP contribution in [-0.4, -0.2) is 22.7 Å². The van der Waals surface area contributed by atoms with Gasteiger partial charge in [-0.2, -0.15) is 5.10 Å². The number of ether oxygens (including phenoxy) is 2. The van der Waals surface area contributed by atoms with Crippen LogP contribution in [0.4, 0.5) is 0 Å². The molecule has 3 rings (SSSR count). The Kier molecular flexibility index (Phi) is 7.34. The molecule has 0 amide bonds. The molecule has 7 heteroatoms. The molecular weight excluding hydrogens is 468 g/mol. The second-order valence-corrected chi connectivity index (χ2v) is 7.91. The van der Waals surface area contributed by atoms with Gasteiger partial charge in [0.2, 0.25) is 5.78 Å². The number of methoxy groups -OCH3 is 1. The lowest BCUT2D eigenvalue weighted by Gasteiger charge is -2.12. The van der Waals surface area contributed by atoms with E-state index < -0.39 is 0 Å². The zero-order chi connectivity index (χ0) is 21.7. The van der Waals surface area contributed by atoms with Crippen LogP contribution in [0.15, 0.2) is 53.1 Å². The van der Waals surface area contributed by atoms with Gasteiger partial charge in [0.25, 0.3) is 0 Å². The van der Waals surface area contributed by atoms with Gasteiger partial charge in [0, 0.05) is 12.1 Å². The molecular formula is C23H22BrClN2O3. The van der Waals surface area contributed by atoms with Crippen LogP contribution < -0.4 is 9.47 Å². The van der Waals surface area contributed by atoms with Gasteiger partial charge in [-0.15, -0.1) is 0 Å². The van der Waals surface area contributed by atoms with Crippen molar-refractivity contribution in [3.05, 3.63) is 80.6 Å². The Balaban J connectivity index is 1.79. The lowest BCUT2D eigenvalue weighted by Crippen LogP contribution is -2.07. The zero-order valence-electron chi connectivity index (χ0n) is 17.0. The van der Waals surface area contributed by atoms with Gasteiger partial charge in [0.05, 0.1) is 22.8 Å². The van der Waals surface area contributed by atoms with Crippen LogP contribution in [0.1, 0.15) is 34.1 Å². The largest absolute Gasteiger partial charge is 0.496 e. The second-order valence-electron chi connectivity index (χ2n) is 6.65. The smallest absolute Gasteiger partial charge is 0.205 e. The molecule has 0 aliphatic heterocycles. The van der Waals surface area contributed by atoms with E-state index in [-0.39, 0.29) is 12.4 Å². The number of hydrogen-bond donors (Lipinski definition) is 0. The molecule has 3 aromatic rings. The fourth-order valence-electron chi connectivity index (χ4n) is 2.99. The maximum atomic E-state index is 12.6. The minimum Gasteiger partial charge on any atom is -0.496 e. The molecule has 0 unspecified atom stereocenters. The summed E-state index contributed by atoms with van der Waals surface area (Å²) in [5.41, 5.74) is 3.30. The average molecular weight is 490 g/mol. The van der Waals surface area contributed by atoms with E-state index in [9.17, 15) is 4.79 Å². The fourth-order valence-corrected chi connectivity index (χ4v) is 3.77. The van der Waals surface area contributed by atoms with E-state index in [0.29, 0.717) is 33.2 Å². The number of carbonyl (C=O) groups is 1. The van der Waals surface area contributed by atoms with Crippen molar-refractivity contribution in [3.8, 4) is 11.5 Å². The van der Waals surface area contributed by atoms with E-state index in [0.717, 1.165) is 16.7 Å². The third kappa shape index (κ3) is 5.12. The molecule has 0 bridgehead atoms. The van der Waals surface area contributed by atoms with Crippen LogP contribution in [0.2, 0.25) is 5.02 Å². The predicted molar refractivity (Wildman–Crippen MR) is 122 cm³/mol. The van der Waals surface area contributed by atoms with Crippen LogP contribution in [0.5, 0.6) is 11.5 Å². The first-order chi connectivity index (χ1) is 14.4. The molecule has 2 aromatic carbocycles. The van der Waals surface area contributed by atoms with Crippen LogP contribution in [0.25, 0.3) is 6.08 Å². The maximum absolute atomic E-state index is 12.6. The quantitative estimate of drug-likeness (QED) is 0.283. The van der Waals surface area contributed by atoms with Crippen LogP contribution >= 0.6 is 27.5 Å². The van der Waals surface area contributed by atoms with E-state index in [1.165, 1.54) is 6.08 Å². The molecule has 0 atom stereocenters. The molecule has 156 valence electrons. The van der Waals surface area contributed by atoms with E-state index in [4.69, 9.17) is 21.1 Å². The molecule has 0 aliphatic carbocycles. The van der Waals surface area contributed by atoms with Crippen molar-refractivity contribution in [2.45, 2.75) is 27.0 Å². The molecule has 0 saturated carbocycles. The first kappa shape index (κ1) is 22.1. The highest BCUT2D eigenvalue weighted by Crippen LogP contribution is 2.28. The number of allylic oxidation sites excluding steroid dienone is 1. The summed E-state index contributed by atoms with van der Waals surface area (Å²) in [5.74, 6) is 1.19. The number of aromatic nitrogens is 2. The first-order valence-electron chi connectivity index (χ1n) is 9.42. The van der Waals surface area contributed by atoms with Crippen molar-refractivity contribution in [3.63, 3.8) is 0 Å². The van der Waals surface area contributed by atoms with E-state index in [1.54, 1.807) is 24.1 Å². The highest BCUT2D eigenvalue weighted by molar-refractivity contribution is 9.10. The topological polar surface area (TPSA) is 53.4 Å². The van der Waals surface area contributed by atoms with Crippen LogP contribution in [-0.2, 0) is 13.2 Å². The van der Waals surface area contributed by atoms with Gasteiger partial charge < -0.3 is 9.47 Å². The Morgan fingerprint density at radius 2 is 2.00 bits per heavy atom. The standard InChI is InChI=1S/C23H22BrClN2O3/c1-4-27-23(18(24)13-26-27)20(28)8-6-16-7-10-21(29-3)17(12-16)14-30-22-9-5-15(2)11-19(22)25/h5-13H,4,14H2,1-3H3/b8-6+. The van der Waals surface area contributed by atoms with Gasteiger partial charge in [-0.25, -0.2) is 0 Å². The normalized spacial score (nSPS) is 11.1. The van der Waals surface area contributed by atoms with Gasteiger partial charge in [-0.3, -0.25) is 9.48 Å². The highest BCUT2D eigenvalue weighted by atomic mass is 79.9. The molecule has 1 aromatic heterocycles. The summed E-state index contributed by atoms with van der Waals surface area (Å²) in [6.45, 7) is 4.82. The lowest BCUT2D eigenvalue weighted by atomic mass is 10.1. The van der Waals surface area contributed by atoms with Gasteiger partial charge in [0.1, 0.15) is 23.8 Å². The zero-order valence-corrected chi connectivity index (χ0v) is 19.3. The minimum atomic E-state index is -0.124. The molecule has 0 aliphatic rings. The number of aryl methyl sites for hydroxylation is 2. The van der Waals surface area contributed by atoms with Crippen molar-refractivity contribution >= 4 is 39.4 Å². The van der Waals surface area contributed by atoms with Gasteiger partial charge >= 0.3 is 0 Å². The molecule has 0 N–H and O–H groups in total. The molecule has 1 heterocycles. The number of benzene rings is 2. The van der Waals surface area contributed by atoms with Gasteiger partial charge in [-0.1, -0.05) is 29.8 Å². The number of rotatable bonds is 8. The van der Waals surface area contributed by atoms with Crippen LogP contribution in [0, 0.1) is 6.92 Å². The predicted octanol–water partition coefficient (Wildman–Crippen LogP) is 6.11. The van der Waals surface area contributed by atoms with Crippen molar-refractivity contribution in [2.24, 2.45) is 0 Å². The molecule has 0 spiro atoms. The minimum absolute atomic E-state index is 0.124. The Bertz CT molecular complexity index is 1090. The Hall–Kier alpha value is -2.57. The Morgan fingerprint density at radius 3 is 2.70 bits per heavy atom. The number of halogens is 2. The van der Waals surface area contributed by atoms with E-state index in [2.05, 4.69) is 21.0 Å². The number of hydrogen-bond acceptors (Lipinski definition) is 4. The van der Waals surface area contributed by atoms with Gasteiger partial charge in [0.15, 0.2) is 0 Å². The average Bonchev–Trinajstić information content (AvgIpc) is 3.12. The second kappa shape index (κ2) is 9.96.